The highest BCUT2D eigenvalue weighted by molar-refractivity contribution is 7.89. The molecule has 0 atom stereocenters. The second-order valence-corrected chi connectivity index (χ2v) is 11.6. The maximum Gasteiger partial charge on any atom is 0.243 e. The molecular formula is C26H33FN2O3S. The van der Waals surface area contributed by atoms with E-state index < -0.39 is 15.4 Å². The Hall–Kier alpha value is -2.25. The second kappa shape index (κ2) is 9.94. The fraction of sp³-hybridized carbons (Fsp3) is 0.500. The predicted octanol–water partition coefficient (Wildman–Crippen LogP) is 4.98. The van der Waals surface area contributed by atoms with Gasteiger partial charge in [0.05, 0.1) is 4.90 Å². The number of benzene rings is 2. The highest BCUT2D eigenvalue weighted by atomic mass is 32.2. The molecule has 0 bridgehead atoms. The van der Waals surface area contributed by atoms with Crippen molar-refractivity contribution < 1.29 is 17.6 Å². The molecule has 2 aromatic carbocycles. The Morgan fingerprint density at radius 3 is 2.21 bits per heavy atom. The lowest BCUT2D eigenvalue weighted by Gasteiger charge is -2.37. The Morgan fingerprint density at radius 2 is 1.61 bits per heavy atom. The minimum Gasteiger partial charge on any atom is -0.352 e. The summed E-state index contributed by atoms with van der Waals surface area (Å²) in [5, 5.41) is 2.92. The highest BCUT2D eigenvalue weighted by Gasteiger charge is 2.40. The molecule has 7 heteroatoms. The summed E-state index contributed by atoms with van der Waals surface area (Å²) in [6.07, 6.45) is 7.06. The van der Waals surface area contributed by atoms with Crippen LogP contribution in [0.15, 0.2) is 53.4 Å². The quantitative estimate of drug-likeness (QED) is 0.645. The average Bonchev–Trinajstić information content (AvgIpc) is 2.84. The third kappa shape index (κ3) is 5.46. The number of amides is 1. The molecule has 1 amide bonds. The van der Waals surface area contributed by atoms with Crippen LogP contribution in [0, 0.1) is 11.2 Å². The first-order chi connectivity index (χ1) is 15.8. The molecule has 2 aromatic rings. The van der Waals surface area contributed by atoms with Gasteiger partial charge in [0.1, 0.15) is 5.82 Å². The third-order valence-electron chi connectivity index (χ3n) is 7.33. The zero-order chi connectivity index (χ0) is 23.5. The van der Waals surface area contributed by atoms with Gasteiger partial charge >= 0.3 is 0 Å². The van der Waals surface area contributed by atoms with Gasteiger partial charge in [0.25, 0.3) is 0 Å². The predicted molar refractivity (Wildman–Crippen MR) is 127 cm³/mol. The molecular weight excluding hydrogens is 439 g/mol. The van der Waals surface area contributed by atoms with Gasteiger partial charge in [0.2, 0.25) is 15.9 Å². The van der Waals surface area contributed by atoms with Crippen molar-refractivity contribution in [3.63, 3.8) is 0 Å². The van der Waals surface area contributed by atoms with Gasteiger partial charge in [-0.15, -0.1) is 0 Å². The Balaban J connectivity index is 1.34. The van der Waals surface area contributed by atoms with Crippen LogP contribution in [0.3, 0.4) is 0 Å². The number of nitrogens with zero attached hydrogens (tertiary/aromatic N) is 1. The molecule has 2 aliphatic rings. The molecule has 5 nitrogen and oxygen atoms in total. The van der Waals surface area contributed by atoms with Gasteiger partial charge in [0.15, 0.2) is 0 Å². The van der Waals surface area contributed by atoms with E-state index in [1.54, 1.807) is 24.3 Å². The second-order valence-electron chi connectivity index (χ2n) is 9.68. The maximum atomic E-state index is 13.2. The zero-order valence-electron chi connectivity index (χ0n) is 19.2. The summed E-state index contributed by atoms with van der Waals surface area (Å²) >= 11 is 0. The molecule has 33 heavy (non-hydrogen) atoms. The molecule has 1 heterocycles. The average molecular weight is 473 g/mol. The van der Waals surface area contributed by atoms with Crippen molar-refractivity contribution in [2.45, 2.75) is 69.2 Å². The maximum absolute atomic E-state index is 13.2. The summed E-state index contributed by atoms with van der Waals surface area (Å²) in [7, 11) is -3.58. The number of hydrogen-bond acceptors (Lipinski definition) is 3. The van der Waals surface area contributed by atoms with E-state index in [4.69, 9.17) is 0 Å². The van der Waals surface area contributed by atoms with E-state index in [0.717, 1.165) is 5.56 Å². The van der Waals surface area contributed by atoms with Gasteiger partial charge in [-0.25, -0.2) is 12.8 Å². The van der Waals surface area contributed by atoms with E-state index in [1.165, 1.54) is 54.1 Å². The van der Waals surface area contributed by atoms with Crippen LogP contribution in [0.25, 0.3) is 0 Å². The summed E-state index contributed by atoms with van der Waals surface area (Å²) in [4.78, 5) is 13.1. The number of hydrogen-bond donors (Lipinski definition) is 1. The van der Waals surface area contributed by atoms with Crippen LogP contribution in [0.1, 0.15) is 68.9 Å². The monoisotopic (exact) mass is 472 g/mol. The smallest absolute Gasteiger partial charge is 0.243 e. The van der Waals surface area contributed by atoms with Crippen LogP contribution in [0.4, 0.5) is 4.39 Å². The molecule has 0 aromatic heterocycles. The molecule has 1 saturated heterocycles. The lowest BCUT2D eigenvalue weighted by Crippen LogP contribution is -2.48. The first kappa shape index (κ1) is 23.9. The van der Waals surface area contributed by atoms with Gasteiger partial charge in [-0.05, 0) is 67.0 Å². The highest BCUT2D eigenvalue weighted by Crippen LogP contribution is 2.35. The van der Waals surface area contributed by atoms with E-state index in [2.05, 4.69) is 5.32 Å². The fourth-order valence-electron chi connectivity index (χ4n) is 4.94. The van der Waals surface area contributed by atoms with Crippen LogP contribution >= 0.6 is 0 Å². The number of piperidine rings is 1. The molecule has 2 fully saturated rings. The molecule has 4 rings (SSSR count). The Bertz CT molecular complexity index is 1050. The van der Waals surface area contributed by atoms with Crippen LogP contribution in [0.2, 0.25) is 0 Å². The van der Waals surface area contributed by atoms with Crippen molar-refractivity contribution in [1.29, 1.82) is 0 Å². The minimum atomic E-state index is -3.58. The summed E-state index contributed by atoms with van der Waals surface area (Å²) in [5.74, 6) is 0.134. The zero-order valence-corrected chi connectivity index (χ0v) is 20.0. The fourth-order valence-corrected chi connectivity index (χ4v) is 6.38. The van der Waals surface area contributed by atoms with Crippen molar-refractivity contribution in [1.82, 2.24) is 9.62 Å². The van der Waals surface area contributed by atoms with Gasteiger partial charge in [-0.3, -0.25) is 4.79 Å². The summed E-state index contributed by atoms with van der Waals surface area (Å²) in [5.41, 5.74) is 1.43. The number of sulfonamides is 1. The standard InChI is InChI=1S/C26H33FN2O3S/c1-26(25(30)28-19-20-7-11-23(27)12-8-20)15-17-29(18-16-26)33(31,32)24-13-9-22(10-14-24)21-5-3-2-4-6-21/h7-14,21H,2-6,15-19H2,1H3,(H,28,30). The van der Waals surface area contributed by atoms with Crippen molar-refractivity contribution >= 4 is 15.9 Å². The van der Waals surface area contributed by atoms with Crippen LogP contribution in [-0.4, -0.2) is 31.7 Å². The third-order valence-corrected chi connectivity index (χ3v) is 9.25. The van der Waals surface area contributed by atoms with Crippen molar-refractivity contribution in [3.05, 3.63) is 65.5 Å². The Morgan fingerprint density at radius 1 is 1.00 bits per heavy atom. The Labute approximate surface area is 196 Å². The van der Waals surface area contributed by atoms with Crippen LogP contribution in [-0.2, 0) is 21.4 Å². The summed E-state index contributed by atoms with van der Waals surface area (Å²) in [6, 6.07) is 13.5. The first-order valence-corrected chi connectivity index (χ1v) is 13.3. The molecule has 1 aliphatic heterocycles. The molecule has 1 aliphatic carbocycles. The molecule has 0 unspecified atom stereocenters. The van der Waals surface area contributed by atoms with Gasteiger partial charge in [-0.1, -0.05) is 50.5 Å². The molecule has 178 valence electrons. The number of carbonyl (C=O) groups excluding carboxylic acids is 1. The van der Waals surface area contributed by atoms with Crippen molar-refractivity contribution in [2.75, 3.05) is 13.1 Å². The van der Waals surface area contributed by atoms with Crippen LogP contribution < -0.4 is 5.32 Å². The summed E-state index contributed by atoms with van der Waals surface area (Å²) in [6.45, 7) is 2.83. The van der Waals surface area contributed by atoms with Gasteiger partial charge in [0, 0.05) is 25.0 Å². The van der Waals surface area contributed by atoms with Crippen LogP contribution in [0.5, 0.6) is 0 Å². The molecule has 0 radical (unpaired) electrons. The molecule has 1 saturated carbocycles. The summed E-state index contributed by atoms with van der Waals surface area (Å²) < 4.78 is 40.9. The van der Waals surface area contributed by atoms with Gasteiger partial charge in [-0.2, -0.15) is 4.31 Å². The van der Waals surface area contributed by atoms with E-state index in [9.17, 15) is 17.6 Å². The normalized spacial score (nSPS) is 19.8. The number of nitrogens with one attached hydrogen (secondary N) is 1. The molecule has 1 N–H and O–H groups in total. The lowest BCUT2D eigenvalue weighted by atomic mass is 9.80. The first-order valence-electron chi connectivity index (χ1n) is 11.9. The topological polar surface area (TPSA) is 66.5 Å². The largest absolute Gasteiger partial charge is 0.352 e. The number of rotatable bonds is 6. The van der Waals surface area contributed by atoms with Gasteiger partial charge < -0.3 is 5.32 Å². The minimum absolute atomic E-state index is 0.0966. The van der Waals surface area contributed by atoms with E-state index >= 15 is 0 Å². The van der Waals surface area contributed by atoms with E-state index in [0.29, 0.717) is 43.3 Å². The van der Waals surface area contributed by atoms with E-state index in [1.807, 2.05) is 19.1 Å². The SMILES string of the molecule is CC1(C(=O)NCc2ccc(F)cc2)CCN(S(=O)(=O)c2ccc(C3CCCCC3)cc2)CC1. The van der Waals surface area contributed by atoms with Crippen molar-refractivity contribution in [2.24, 2.45) is 5.41 Å². The van der Waals surface area contributed by atoms with Crippen molar-refractivity contribution in [3.8, 4) is 0 Å². The lowest BCUT2D eigenvalue weighted by molar-refractivity contribution is -0.132. The Kier molecular flexibility index (Phi) is 7.19. The van der Waals surface area contributed by atoms with E-state index in [-0.39, 0.29) is 11.7 Å². The number of halogens is 1. The molecule has 0 spiro atoms. The number of carbonyl (C=O) groups is 1.